The van der Waals surface area contributed by atoms with Crippen LogP contribution in [0.25, 0.3) is 67.3 Å². The van der Waals surface area contributed by atoms with Crippen LogP contribution in [0.3, 0.4) is 0 Å². The minimum absolute atomic E-state index is 0.0506. The van der Waals surface area contributed by atoms with Gasteiger partial charge in [-0.25, -0.2) is 9.97 Å². The molecule has 1 fully saturated rings. The van der Waals surface area contributed by atoms with Crippen molar-refractivity contribution in [3.05, 3.63) is 168 Å². The van der Waals surface area contributed by atoms with Crippen LogP contribution in [0.4, 0.5) is 0 Å². The van der Waals surface area contributed by atoms with Gasteiger partial charge in [-0.1, -0.05) is 141 Å². The molecule has 0 atom stereocenters. The van der Waals surface area contributed by atoms with Crippen molar-refractivity contribution in [2.45, 2.75) is 37.5 Å². The average molecular weight is 642 g/mol. The van der Waals surface area contributed by atoms with Crippen LogP contribution < -0.4 is 0 Å². The molecule has 0 aliphatic heterocycles. The molecule has 238 valence electrons. The van der Waals surface area contributed by atoms with E-state index in [9.17, 15) is 5.26 Å². The molecule has 0 unspecified atom stereocenters. The predicted octanol–water partition coefficient (Wildman–Crippen LogP) is 11.9. The fourth-order valence-electron chi connectivity index (χ4n) is 8.23. The maximum Gasteiger partial charge on any atom is 0.160 e. The second kappa shape index (κ2) is 12.4. The monoisotopic (exact) mass is 641 g/mol. The van der Waals surface area contributed by atoms with E-state index >= 15 is 0 Å². The van der Waals surface area contributed by atoms with Gasteiger partial charge in [0.25, 0.3) is 0 Å². The summed E-state index contributed by atoms with van der Waals surface area (Å²) < 4.78 is 0. The van der Waals surface area contributed by atoms with E-state index in [0.29, 0.717) is 0 Å². The minimum Gasteiger partial charge on any atom is -0.228 e. The highest BCUT2D eigenvalue weighted by Crippen LogP contribution is 2.56. The van der Waals surface area contributed by atoms with E-state index in [2.05, 4.69) is 115 Å². The Hall–Kier alpha value is -6.11. The molecule has 3 heteroatoms. The standard InChI is InChI=1S/C47H35N3/c48-31-32-17-24-42-41(27-32)40-23-22-38(29-43(40)47(42)25-8-3-9-26-47)34-20-18-33(19-21-34)37-15-10-16-39(28-37)45-30-44(35-11-4-1-5-12-35)49-46(50-45)36-13-6-2-7-14-36/h1-2,4-7,10-24,27-30H,3,8-9,25-26H2. The summed E-state index contributed by atoms with van der Waals surface area (Å²) in [5, 5.41) is 9.64. The zero-order chi connectivity index (χ0) is 33.5. The third-order valence-electron chi connectivity index (χ3n) is 10.7. The van der Waals surface area contributed by atoms with E-state index in [1.165, 1.54) is 65.5 Å². The largest absolute Gasteiger partial charge is 0.228 e. The molecule has 1 aromatic heterocycles. The summed E-state index contributed by atoms with van der Waals surface area (Å²) in [5.41, 5.74) is 15.9. The van der Waals surface area contributed by atoms with Gasteiger partial charge in [0.2, 0.25) is 0 Å². The molecule has 50 heavy (non-hydrogen) atoms. The van der Waals surface area contributed by atoms with Gasteiger partial charge in [-0.3, -0.25) is 0 Å². The van der Waals surface area contributed by atoms with Crippen molar-refractivity contribution in [3.63, 3.8) is 0 Å². The Morgan fingerprint density at radius 1 is 0.440 bits per heavy atom. The summed E-state index contributed by atoms with van der Waals surface area (Å²) in [7, 11) is 0. The molecule has 1 saturated carbocycles. The van der Waals surface area contributed by atoms with Crippen LogP contribution in [0.15, 0.2) is 152 Å². The third kappa shape index (κ3) is 5.21. The van der Waals surface area contributed by atoms with Crippen molar-refractivity contribution >= 4 is 0 Å². The molecule has 1 spiro atoms. The van der Waals surface area contributed by atoms with Crippen LogP contribution in [0.5, 0.6) is 0 Å². The maximum atomic E-state index is 9.64. The molecule has 2 aliphatic carbocycles. The summed E-state index contributed by atoms with van der Waals surface area (Å²) in [5.74, 6) is 0.717. The first-order chi connectivity index (χ1) is 24.7. The van der Waals surface area contributed by atoms with Crippen molar-refractivity contribution in [2.24, 2.45) is 0 Å². The Kier molecular flexibility index (Phi) is 7.44. The van der Waals surface area contributed by atoms with E-state index < -0.39 is 0 Å². The molecule has 0 bridgehead atoms. The second-order valence-electron chi connectivity index (χ2n) is 13.6. The lowest BCUT2D eigenvalue weighted by atomic mass is 9.67. The number of nitriles is 1. The van der Waals surface area contributed by atoms with Crippen LogP contribution in [-0.2, 0) is 5.41 Å². The third-order valence-corrected chi connectivity index (χ3v) is 10.7. The highest BCUT2D eigenvalue weighted by atomic mass is 14.9. The highest BCUT2D eigenvalue weighted by Gasteiger charge is 2.43. The summed E-state index contributed by atoms with van der Waals surface area (Å²) >= 11 is 0. The van der Waals surface area contributed by atoms with E-state index in [0.717, 1.165) is 50.6 Å². The molecule has 0 radical (unpaired) electrons. The first kappa shape index (κ1) is 30.0. The quantitative estimate of drug-likeness (QED) is 0.188. The van der Waals surface area contributed by atoms with Gasteiger partial charge in [0, 0.05) is 22.1 Å². The molecular formula is C47H35N3. The van der Waals surface area contributed by atoms with Gasteiger partial charge in [0.05, 0.1) is 23.0 Å². The Morgan fingerprint density at radius 3 is 1.74 bits per heavy atom. The minimum atomic E-state index is 0.0506. The van der Waals surface area contributed by atoms with Gasteiger partial charge in [-0.05, 0) is 87.7 Å². The number of rotatable bonds is 5. The number of hydrogen-bond acceptors (Lipinski definition) is 3. The van der Waals surface area contributed by atoms with Crippen LogP contribution in [0.1, 0.15) is 48.8 Å². The van der Waals surface area contributed by atoms with Gasteiger partial charge in [0.15, 0.2) is 5.82 Å². The van der Waals surface area contributed by atoms with Crippen molar-refractivity contribution in [1.29, 1.82) is 5.26 Å². The van der Waals surface area contributed by atoms with Crippen LogP contribution in [0.2, 0.25) is 0 Å². The zero-order valence-electron chi connectivity index (χ0n) is 27.8. The molecule has 0 amide bonds. The number of aromatic nitrogens is 2. The molecule has 3 nitrogen and oxygen atoms in total. The topological polar surface area (TPSA) is 49.6 Å². The fourth-order valence-corrected chi connectivity index (χ4v) is 8.23. The molecule has 0 N–H and O–H groups in total. The van der Waals surface area contributed by atoms with Crippen LogP contribution >= 0.6 is 0 Å². The summed E-state index contributed by atoms with van der Waals surface area (Å²) in [4.78, 5) is 10.0. The molecule has 2 aliphatic rings. The first-order valence-corrected chi connectivity index (χ1v) is 17.6. The highest BCUT2D eigenvalue weighted by molar-refractivity contribution is 5.85. The number of benzene rings is 6. The lowest BCUT2D eigenvalue weighted by Crippen LogP contribution is -2.28. The van der Waals surface area contributed by atoms with Gasteiger partial charge >= 0.3 is 0 Å². The van der Waals surface area contributed by atoms with Crippen molar-refractivity contribution < 1.29 is 0 Å². The lowest BCUT2D eigenvalue weighted by molar-refractivity contribution is 0.353. The summed E-state index contributed by atoms with van der Waals surface area (Å²) in [6.45, 7) is 0. The number of hydrogen-bond donors (Lipinski definition) is 0. The normalized spacial score (nSPS) is 14.1. The van der Waals surface area contributed by atoms with Gasteiger partial charge < -0.3 is 0 Å². The zero-order valence-corrected chi connectivity index (χ0v) is 27.8. The predicted molar refractivity (Wildman–Crippen MR) is 203 cm³/mol. The molecule has 7 aromatic rings. The number of nitrogens with zero attached hydrogens (tertiary/aromatic N) is 3. The van der Waals surface area contributed by atoms with Crippen molar-refractivity contribution in [1.82, 2.24) is 9.97 Å². The Balaban J connectivity index is 1.06. The Morgan fingerprint density at radius 2 is 1.04 bits per heavy atom. The second-order valence-corrected chi connectivity index (χ2v) is 13.6. The molecule has 6 aromatic carbocycles. The Bertz CT molecular complexity index is 2340. The molecule has 0 saturated heterocycles. The molecule has 1 heterocycles. The van der Waals surface area contributed by atoms with E-state index in [1.807, 2.05) is 42.5 Å². The lowest BCUT2D eigenvalue weighted by Gasteiger charge is -2.36. The van der Waals surface area contributed by atoms with Gasteiger partial charge in [0.1, 0.15) is 0 Å². The van der Waals surface area contributed by atoms with Crippen LogP contribution in [-0.4, -0.2) is 9.97 Å². The smallest absolute Gasteiger partial charge is 0.160 e. The summed E-state index contributed by atoms with van der Waals surface area (Å²) in [6, 6.07) is 55.9. The SMILES string of the molecule is N#Cc1ccc2c(c1)-c1ccc(-c3ccc(-c4cccc(-c5cc(-c6ccccc6)nc(-c6ccccc6)n5)c4)cc3)cc1C21CCCCC1. The Labute approximate surface area is 293 Å². The van der Waals surface area contributed by atoms with E-state index in [-0.39, 0.29) is 5.41 Å². The van der Waals surface area contributed by atoms with Gasteiger partial charge in [-0.15, -0.1) is 0 Å². The average Bonchev–Trinajstić information content (AvgIpc) is 3.45. The van der Waals surface area contributed by atoms with E-state index in [4.69, 9.17) is 9.97 Å². The van der Waals surface area contributed by atoms with Gasteiger partial charge in [-0.2, -0.15) is 5.26 Å². The van der Waals surface area contributed by atoms with Crippen LogP contribution in [0, 0.1) is 11.3 Å². The fraction of sp³-hybridized carbons (Fsp3) is 0.128. The maximum absolute atomic E-state index is 9.64. The van der Waals surface area contributed by atoms with E-state index in [1.54, 1.807) is 0 Å². The number of fused-ring (bicyclic) bond motifs is 5. The first-order valence-electron chi connectivity index (χ1n) is 17.6. The molecule has 9 rings (SSSR count). The molecular weight excluding hydrogens is 607 g/mol. The van der Waals surface area contributed by atoms with Crippen molar-refractivity contribution in [3.8, 4) is 73.4 Å². The van der Waals surface area contributed by atoms with Crippen molar-refractivity contribution in [2.75, 3.05) is 0 Å². The summed E-state index contributed by atoms with van der Waals surface area (Å²) in [6.07, 6.45) is 6.12.